The maximum Gasteiger partial charge on any atom is 0.349 e. The number of carbonyl (C=O) groups is 1. The number of carbonyl (C=O) groups excluding carboxylic acids is 1. The lowest BCUT2D eigenvalue weighted by Gasteiger charge is -2.13. The minimum Gasteiger partial charge on any atom is -0.348 e. The monoisotopic (exact) mass is 459 g/mol. The second-order valence-electron chi connectivity index (χ2n) is 8.35. The predicted molar refractivity (Wildman–Crippen MR) is 133 cm³/mol. The average molecular weight is 460 g/mol. The van der Waals surface area contributed by atoms with E-state index in [0.717, 1.165) is 53.4 Å². The summed E-state index contributed by atoms with van der Waals surface area (Å²) in [6.45, 7) is 5.69. The number of thiazole rings is 1. The zero-order valence-corrected chi connectivity index (χ0v) is 19.5. The van der Waals surface area contributed by atoms with Crippen LogP contribution in [0.2, 0.25) is 0 Å². The largest absolute Gasteiger partial charge is 0.349 e. The van der Waals surface area contributed by atoms with E-state index in [0.29, 0.717) is 16.0 Å². The first-order chi connectivity index (χ1) is 16.0. The first-order valence-corrected chi connectivity index (χ1v) is 11.9. The van der Waals surface area contributed by atoms with E-state index in [1.54, 1.807) is 0 Å². The standard InChI is InChI=1S/C25H25N5O2S/c1-16-9-8-10-17(2)20(16)26-19(31)15-30-23-22(28-25(33-23)29-13-6-7-14-29)21(27-24(30)32)18-11-4-3-5-12-18/h3-5,8-12H,6-7,13-15H2,1-2H3,(H,26,31). The van der Waals surface area contributed by atoms with Crippen molar-refractivity contribution >= 4 is 38.4 Å². The Balaban J connectivity index is 1.57. The highest BCUT2D eigenvalue weighted by atomic mass is 32.1. The number of nitrogens with one attached hydrogen (secondary N) is 1. The van der Waals surface area contributed by atoms with Crippen molar-refractivity contribution in [1.29, 1.82) is 0 Å². The average Bonchev–Trinajstić information content (AvgIpc) is 3.49. The van der Waals surface area contributed by atoms with Crippen molar-refractivity contribution in [2.45, 2.75) is 33.2 Å². The van der Waals surface area contributed by atoms with Gasteiger partial charge in [-0.25, -0.2) is 9.78 Å². The molecule has 0 bridgehead atoms. The number of benzene rings is 2. The van der Waals surface area contributed by atoms with Crippen LogP contribution in [-0.4, -0.2) is 33.5 Å². The highest BCUT2D eigenvalue weighted by Gasteiger charge is 2.23. The molecule has 33 heavy (non-hydrogen) atoms. The van der Waals surface area contributed by atoms with E-state index in [1.165, 1.54) is 15.9 Å². The Morgan fingerprint density at radius 1 is 1.00 bits per heavy atom. The van der Waals surface area contributed by atoms with Gasteiger partial charge in [0.1, 0.15) is 22.6 Å². The van der Waals surface area contributed by atoms with Gasteiger partial charge in [-0.2, -0.15) is 4.98 Å². The van der Waals surface area contributed by atoms with Crippen LogP contribution < -0.4 is 15.9 Å². The second-order valence-corrected chi connectivity index (χ2v) is 9.31. The number of anilines is 2. The fourth-order valence-electron chi connectivity index (χ4n) is 4.25. The molecule has 7 nitrogen and oxygen atoms in total. The number of aromatic nitrogens is 3. The number of fused-ring (bicyclic) bond motifs is 1. The SMILES string of the molecule is Cc1cccc(C)c1NC(=O)Cn1c(=O)nc(-c2ccccc2)c2nc(N3CCCC3)sc21. The van der Waals surface area contributed by atoms with E-state index in [2.05, 4.69) is 15.2 Å². The van der Waals surface area contributed by atoms with E-state index in [-0.39, 0.29) is 12.5 Å². The highest BCUT2D eigenvalue weighted by Crippen LogP contribution is 2.34. The third-order valence-electron chi connectivity index (χ3n) is 5.98. The molecule has 0 unspecified atom stereocenters. The van der Waals surface area contributed by atoms with Crippen molar-refractivity contribution in [2.24, 2.45) is 0 Å². The first-order valence-electron chi connectivity index (χ1n) is 11.1. The zero-order valence-electron chi connectivity index (χ0n) is 18.7. The number of aryl methyl sites for hydroxylation is 2. The van der Waals surface area contributed by atoms with Crippen molar-refractivity contribution < 1.29 is 4.79 Å². The zero-order chi connectivity index (χ0) is 22.9. The summed E-state index contributed by atoms with van der Waals surface area (Å²) in [5.74, 6) is -0.263. The second kappa shape index (κ2) is 8.78. The molecule has 0 atom stereocenters. The summed E-state index contributed by atoms with van der Waals surface area (Å²) < 4.78 is 1.45. The summed E-state index contributed by atoms with van der Waals surface area (Å²) in [5, 5.41) is 3.85. The summed E-state index contributed by atoms with van der Waals surface area (Å²) in [6.07, 6.45) is 2.26. The quantitative estimate of drug-likeness (QED) is 0.479. The Bertz CT molecular complexity index is 1370. The summed E-state index contributed by atoms with van der Waals surface area (Å²) >= 11 is 1.46. The number of hydrogen-bond acceptors (Lipinski definition) is 6. The predicted octanol–water partition coefficient (Wildman–Crippen LogP) is 4.38. The lowest BCUT2D eigenvalue weighted by molar-refractivity contribution is -0.116. The Morgan fingerprint density at radius 3 is 2.39 bits per heavy atom. The minimum atomic E-state index is -0.449. The molecule has 3 heterocycles. The smallest absolute Gasteiger partial charge is 0.348 e. The third kappa shape index (κ3) is 4.14. The van der Waals surface area contributed by atoms with E-state index >= 15 is 0 Å². The number of hydrogen-bond donors (Lipinski definition) is 1. The number of rotatable bonds is 5. The molecule has 0 spiro atoms. The van der Waals surface area contributed by atoms with Gasteiger partial charge in [0.25, 0.3) is 0 Å². The molecule has 5 rings (SSSR count). The molecule has 1 N–H and O–H groups in total. The van der Waals surface area contributed by atoms with Crippen molar-refractivity contribution in [3.8, 4) is 11.3 Å². The molecule has 2 aromatic heterocycles. The third-order valence-corrected chi connectivity index (χ3v) is 7.12. The Kier molecular flexibility index (Phi) is 5.68. The van der Waals surface area contributed by atoms with Gasteiger partial charge in [-0.3, -0.25) is 9.36 Å². The van der Waals surface area contributed by atoms with Gasteiger partial charge >= 0.3 is 5.69 Å². The molecule has 0 radical (unpaired) electrons. The topological polar surface area (TPSA) is 80.1 Å². The molecule has 0 saturated carbocycles. The van der Waals surface area contributed by atoms with Crippen LogP contribution in [0.1, 0.15) is 24.0 Å². The van der Waals surface area contributed by atoms with Gasteiger partial charge in [0.15, 0.2) is 5.13 Å². The van der Waals surface area contributed by atoms with E-state index < -0.39 is 5.69 Å². The van der Waals surface area contributed by atoms with Crippen LogP contribution in [-0.2, 0) is 11.3 Å². The van der Waals surface area contributed by atoms with Crippen LogP contribution in [0, 0.1) is 13.8 Å². The summed E-state index contributed by atoms with van der Waals surface area (Å²) in [5.41, 5.74) is 4.35. The van der Waals surface area contributed by atoms with Crippen LogP contribution in [0.3, 0.4) is 0 Å². The van der Waals surface area contributed by atoms with Crippen LogP contribution >= 0.6 is 11.3 Å². The van der Waals surface area contributed by atoms with Gasteiger partial charge < -0.3 is 10.2 Å². The molecule has 1 aliphatic rings. The maximum atomic E-state index is 13.1. The molecule has 2 aromatic carbocycles. The first kappa shape index (κ1) is 21.3. The summed E-state index contributed by atoms with van der Waals surface area (Å²) in [7, 11) is 0. The molecule has 4 aromatic rings. The lowest BCUT2D eigenvalue weighted by atomic mass is 10.1. The van der Waals surface area contributed by atoms with Gasteiger partial charge in [0.05, 0.1) is 0 Å². The molecule has 1 saturated heterocycles. The normalized spacial score (nSPS) is 13.6. The molecule has 0 aliphatic carbocycles. The van der Waals surface area contributed by atoms with Crippen molar-refractivity contribution in [1.82, 2.24) is 14.5 Å². The van der Waals surface area contributed by atoms with Crippen molar-refractivity contribution in [2.75, 3.05) is 23.3 Å². The van der Waals surface area contributed by atoms with Gasteiger partial charge in [0, 0.05) is 24.3 Å². The summed E-state index contributed by atoms with van der Waals surface area (Å²) in [4.78, 5) is 38.2. The van der Waals surface area contributed by atoms with Crippen LogP contribution in [0.25, 0.3) is 21.6 Å². The van der Waals surface area contributed by atoms with Crippen molar-refractivity contribution in [3.05, 3.63) is 70.1 Å². The van der Waals surface area contributed by atoms with Crippen molar-refractivity contribution in [3.63, 3.8) is 0 Å². The maximum absolute atomic E-state index is 13.1. The number of nitrogens with zero attached hydrogens (tertiary/aromatic N) is 4. The van der Waals surface area contributed by atoms with E-state index in [1.807, 2.05) is 62.4 Å². The molecule has 168 valence electrons. The van der Waals surface area contributed by atoms with E-state index in [4.69, 9.17) is 4.98 Å². The Hall–Kier alpha value is -3.52. The minimum absolute atomic E-state index is 0.118. The summed E-state index contributed by atoms with van der Waals surface area (Å²) in [6, 6.07) is 15.5. The van der Waals surface area contributed by atoms with Crippen LogP contribution in [0.5, 0.6) is 0 Å². The van der Waals surface area contributed by atoms with Crippen LogP contribution in [0.4, 0.5) is 10.8 Å². The molecular weight excluding hydrogens is 434 g/mol. The molecule has 1 aliphatic heterocycles. The molecular formula is C25H25N5O2S. The van der Waals surface area contributed by atoms with Gasteiger partial charge in [-0.1, -0.05) is 59.9 Å². The highest BCUT2D eigenvalue weighted by molar-refractivity contribution is 7.22. The number of amides is 1. The fraction of sp³-hybridized carbons (Fsp3) is 0.280. The van der Waals surface area contributed by atoms with E-state index in [9.17, 15) is 9.59 Å². The Morgan fingerprint density at radius 2 is 1.70 bits per heavy atom. The van der Waals surface area contributed by atoms with Crippen LogP contribution in [0.15, 0.2) is 53.3 Å². The number of para-hydroxylation sites is 1. The fourth-order valence-corrected chi connectivity index (χ4v) is 5.36. The molecule has 1 fully saturated rings. The lowest BCUT2D eigenvalue weighted by Crippen LogP contribution is -2.30. The van der Waals surface area contributed by atoms with Gasteiger partial charge in [0.2, 0.25) is 5.91 Å². The molecule has 8 heteroatoms. The Labute approximate surface area is 195 Å². The van der Waals surface area contributed by atoms with Gasteiger partial charge in [-0.05, 0) is 37.8 Å². The van der Waals surface area contributed by atoms with Gasteiger partial charge in [-0.15, -0.1) is 0 Å². The molecule has 1 amide bonds.